The number of aromatic nitrogens is 2. The molecule has 26 heavy (non-hydrogen) atoms. The van der Waals surface area contributed by atoms with Gasteiger partial charge in [-0.1, -0.05) is 30.3 Å². The molecule has 1 fully saturated rings. The van der Waals surface area contributed by atoms with Gasteiger partial charge in [0.15, 0.2) is 5.96 Å². The van der Waals surface area contributed by atoms with Gasteiger partial charge in [0.1, 0.15) is 5.82 Å². The van der Waals surface area contributed by atoms with Gasteiger partial charge in [0.05, 0.1) is 0 Å². The Kier molecular flexibility index (Phi) is 9.31. The van der Waals surface area contributed by atoms with Crippen LogP contribution >= 0.6 is 35.7 Å². The molecule has 2 N–H and O–H groups in total. The molecule has 0 spiro atoms. The van der Waals surface area contributed by atoms with Crippen LogP contribution in [0.3, 0.4) is 0 Å². The van der Waals surface area contributed by atoms with Crippen LogP contribution in [0, 0.1) is 0 Å². The highest BCUT2D eigenvalue weighted by atomic mass is 127. The van der Waals surface area contributed by atoms with Gasteiger partial charge in [-0.3, -0.25) is 4.99 Å². The molecule has 1 aliphatic heterocycles. The number of imidazole rings is 1. The summed E-state index contributed by atoms with van der Waals surface area (Å²) < 4.78 is 2.21. The van der Waals surface area contributed by atoms with Gasteiger partial charge in [-0.05, 0) is 24.2 Å². The van der Waals surface area contributed by atoms with Gasteiger partial charge in [0, 0.05) is 50.7 Å². The first-order valence-electron chi connectivity index (χ1n) is 8.95. The second-order valence-electron chi connectivity index (χ2n) is 6.22. The summed E-state index contributed by atoms with van der Waals surface area (Å²) in [5.74, 6) is 3.27. The first-order chi connectivity index (χ1) is 12.3. The van der Waals surface area contributed by atoms with E-state index in [0.29, 0.717) is 0 Å². The Hall–Kier alpha value is -1.22. The molecule has 2 aromatic rings. The number of nitrogens with zero attached hydrogens (tertiary/aromatic N) is 3. The Balaban J connectivity index is 0.00000243. The highest BCUT2D eigenvalue weighted by molar-refractivity contribution is 14.0. The minimum Gasteiger partial charge on any atom is -0.356 e. The maximum absolute atomic E-state index is 4.50. The lowest BCUT2D eigenvalue weighted by atomic mass is 10.2. The Bertz CT molecular complexity index is 668. The second-order valence-corrected chi connectivity index (χ2v) is 7.63. The van der Waals surface area contributed by atoms with Gasteiger partial charge in [-0.15, -0.1) is 24.0 Å². The number of aliphatic imine (C=N–C) groups is 1. The van der Waals surface area contributed by atoms with Crippen LogP contribution in [-0.2, 0) is 13.0 Å². The number of hydrogen-bond acceptors (Lipinski definition) is 3. The van der Waals surface area contributed by atoms with Crippen molar-refractivity contribution in [1.29, 1.82) is 0 Å². The summed E-state index contributed by atoms with van der Waals surface area (Å²) in [4.78, 5) is 8.82. The molecule has 0 radical (unpaired) electrons. The molecule has 1 atom stereocenters. The zero-order valence-electron chi connectivity index (χ0n) is 15.2. The van der Waals surface area contributed by atoms with E-state index in [0.717, 1.165) is 43.1 Å². The third-order valence-electron chi connectivity index (χ3n) is 4.38. The zero-order chi connectivity index (χ0) is 17.3. The van der Waals surface area contributed by atoms with Crippen LogP contribution in [0.4, 0.5) is 0 Å². The molecular formula is C19H28IN5S. The monoisotopic (exact) mass is 485 g/mol. The average Bonchev–Trinajstić information content (AvgIpc) is 3.31. The second kappa shape index (κ2) is 11.5. The predicted octanol–water partition coefficient (Wildman–Crippen LogP) is 3.15. The van der Waals surface area contributed by atoms with Gasteiger partial charge < -0.3 is 15.2 Å². The summed E-state index contributed by atoms with van der Waals surface area (Å²) in [5.41, 5.74) is 1.29. The summed E-state index contributed by atoms with van der Waals surface area (Å²) in [6.07, 6.45) is 7.45. The minimum absolute atomic E-state index is 0. The fourth-order valence-corrected chi connectivity index (χ4v) is 4.22. The van der Waals surface area contributed by atoms with Gasteiger partial charge in [0.25, 0.3) is 0 Å². The predicted molar refractivity (Wildman–Crippen MR) is 122 cm³/mol. The van der Waals surface area contributed by atoms with Crippen molar-refractivity contribution < 1.29 is 0 Å². The van der Waals surface area contributed by atoms with E-state index in [2.05, 4.69) is 61.2 Å². The van der Waals surface area contributed by atoms with Crippen molar-refractivity contribution in [3.05, 3.63) is 54.1 Å². The first-order valence-corrected chi connectivity index (χ1v) is 10.00. The lowest BCUT2D eigenvalue weighted by Gasteiger charge is -2.15. The highest BCUT2D eigenvalue weighted by Crippen LogP contribution is 2.25. The average molecular weight is 485 g/mol. The van der Waals surface area contributed by atoms with Gasteiger partial charge in [-0.2, -0.15) is 11.8 Å². The molecule has 0 aliphatic carbocycles. The Morgan fingerprint density at radius 1 is 1.31 bits per heavy atom. The normalized spacial score (nSPS) is 17.0. The first kappa shape index (κ1) is 21.1. The fraction of sp³-hybridized carbons (Fsp3) is 0.474. The molecule has 0 amide bonds. The maximum atomic E-state index is 4.50. The van der Waals surface area contributed by atoms with Crippen molar-refractivity contribution in [2.75, 3.05) is 25.9 Å². The molecule has 1 aliphatic rings. The topological polar surface area (TPSA) is 54.2 Å². The number of thioether (sulfide) groups is 1. The molecule has 2 heterocycles. The largest absolute Gasteiger partial charge is 0.356 e. The van der Waals surface area contributed by atoms with Crippen molar-refractivity contribution in [3.63, 3.8) is 0 Å². The van der Waals surface area contributed by atoms with E-state index >= 15 is 0 Å². The number of benzene rings is 1. The van der Waals surface area contributed by atoms with E-state index in [1.54, 1.807) is 0 Å². The molecule has 1 aromatic carbocycles. The lowest BCUT2D eigenvalue weighted by molar-refractivity contribution is 0.687. The van der Waals surface area contributed by atoms with Gasteiger partial charge in [-0.25, -0.2) is 4.98 Å². The smallest absolute Gasteiger partial charge is 0.191 e. The third-order valence-corrected chi connectivity index (χ3v) is 5.78. The van der Waals surface area contributed by atoms with Crippen molar-refractivity contribution in [3.8, 4) is 0 Å². The SMILES string of the molecule is CN=C(NCCc1nccn1Cc1ccccc1)NCC1CCCS1.I. The van der Waals surface area contributed by atoms with Crippen LogP contribution in [0.2, 0.25) is 0 Å². The standard InChI is InChI=1S/C19H27N5S.HI/c1-20-19(23-14-17-8-5-13-25-17)22-10-9-18-21-11-12-24(18)15-16-6-3-2-4-7-16;/h2-4,6-7,11-12,17H,5,8-10,13-15H2,1H3,(H2,20,22,23);1H. The van der Waals surface area contributed by atoms with Crippen LogP contribution in [0.5, 0.6) is 0 Å². The van der Waals surface area contributed by atoms with E-state index in [9.17, 15) is 0 Å². The molecule has 7 heteroatoms. The highest BCUT2D eigenvalue weighted by Gasteiger charge is 2.15. The Morgan fingerprint density at radius 2 is 2.15 bits per heavy atom. The van der Waals surface area contributed by atoms with E-state index in [1.807, 2.05) is 25.5 Å². The van der Waals surface area contributed by atoms with Crippen molar-refractivity contribution >= 4 is 41.7 Å². The Morgan fingerprint density at radius 3 is 2.88 bits per heavy atom. The Labute approximate surface area is 177 Å². The van der Waals surface area contributed by atoms with Crippen LogP contribution in [0.1, 0.15) is 24.2 Å². The number of nitrogens with one attached hydrogen (secondary N) is 2. The molecule has 142 valence electrons. The third kappa shape index (κ3) is 6.50. The molecule has 5 nitrogen and oxygen atoms in total. The van der Waals surface area contributed by atoms with Crippen molar-refractivity contribution in [1.82, 2.24) is 20.2 Å². The molecule has 0 bridgehead atoms. The van der Waals surface area contributed by atoms with E-state index in [4.69, 9.17) is 0 Å². The van der Waals surface area contributed by atoms with Crippen LogP contribution < -0.4 is 10.6 Å². The molecule has 0 saturated carbocycles. The summed E-state index contributed by atoms with van der Waals surface area (Å²) >= 11 is 2.06. The number of guanidine groups is 1. The van der Waals surface area contributed by atoms with Crippen molar-refractivity contribution in [2.45, 2.75) is 31.1 Å². The summed E-state index contributed by atoms with van der Waals surface area (Å²) in [6, 6.07) is 10.5. The van der Waals surface area contributed by atoms with Crippen LogP contribution in [0.15, 0.2) is 47.7 Å². The maximum Gasteiger partial charge on any atom is 0.191 e. The van der Waals surface area contributed by atoms with E-state index in [1.165, 1.54) is 24.2 Å². The summed E-state index contributed by atoms with van der Waals surface area (Å²) in [5, 5.41) is 7.56. The van der Waals surface area contributed by atoms with E-state index < -0.39 is 0 Å². The van der Waals surface area contributed by atoms with Crippen LogP contribution in [0.25, 0.3) is 0 Å². The summed E-state index contributed by atoms with van der Waals surface area (Å²) in [6.45, 7) is 2.68. The fourth-order valence-electron chi connectivity index (χ4n) is 3.02. The number of halogens is 1. The molecule has 1 unspecified atom stereocenters. The number of hydrogen-bond donors (Lipinski definition) is 2. The quantitative estimate of drug-likeness (QED) is 0.360. The number of rotatable bonds is 7. The van der Waals surface area contributed by atoms with Crippen molar-refractivity contribution in [2.24, 2.45) is 4.99 Å². The lowest BCUT2D eigenvalue weighted by Crippen LogP contribution is -2.41. The minimum atomic E-state index is 0. The van der Waals surface area contributed by atoms with Gasteiger partial charge >= 0.3 is 0 Å². The molecular weight excluding hydrogens is 457 g/mol. The van der Waals surface area contributed by atoms with Gasteiger partial charge in [0.2, 0.25) is 0 Å². The molecule has 3 rings (SSSR count). The zero-order valence-corrected chi connectivity index (χ0v) is 18.4. The van der Waals surface area contributed by atoms with E-state index in [-0.39, 0.29) is 24.0 Å². The molecule has 1 saturated heterocycles. The van der Waals surface area contributed by atoms with Crippen LogP contribution in [-0.4, -0.2) is 46.7 Å². The molecule has 1 aromatic heterocycles. The summed E-state index contributed by atoms with van der Waals surface area (Å²) in [7, 11) is 1.83.